The molecule has 5 heteroatoms. The molecule has 2 N–H and O–H groups in total. The van der Waals surface area contributed by atoms with Crippen molar-refractivity contribution >= 4 is 5.96 Å². The normalized spacial score (nSPS) is 22.0. The Morgan fingerprint density at radius 1 is 1.32 bits per heavy atom. The van der Waals surface area contributed by atoms with Crippen LogP contribution in [0.15, 0.2) is 29.3 Å². The van der Waals surface area contributed by atoms with E-state index in [1.165, 1.54) is 18.4 Å². The van der Waals surface area contributed by atoms with Gasteiger partial charge in [0.2, 0.25) is 0 Å². The van der Waals surface area contributed by atoms with E-state index in [1.54, 1.807) is 0 Å². The van der Waals surface area contributed by atoms with Crippen LogP contribution in [0.2, 0.25) is 0 Å². The number of rotatable bonds is 7. The molecule has 1 aromatic carbocycles. The highest BCUT2D eigenvalue weighted by atomic mass is 16.5. The third kappa shape index (κ3) is 5.36. The molecule has 1 aliphatic heterocycles. The summed E-state index contributed by atoms with van der Waals surface area (Å²) in [6, 6.07) is 8.44. The van der Waals surface area contributed by atoms with Crippen LogP contribution < -0.4 is 15.4 Å². The average molecular weight is 345 g/mol. The first-order valence-corrected chi connectivity index (χ1v) is 9.48. The second-order valence-corrected chi connectivity index (χ2v) is 7.58. The monoisotopic (exact) mass is 345 g/mol. The zero-order valence-electron chi connectivity index (χ0n) is 15.7. The van der Waals surface area contributed by atoms with E-state index in [-0.39, 0.29) is 11.6 Å². The average Bonchev–Trinajstić information content (AvgIpc) is 3.38. The number of hydrogen-bond acceptors (Lipinski definition) is 3. The van der Waals surface area contributed by atoms with Crippen LogP contribution in [0.3, 0.4) is 0 Å². The summed E-state index contributed by atoms with van der Waals surface area (Å²) in [6.07, 6.45) is 3.55. The van der Waals surface area contributed by atoms with Crippen LogP contribution >= 0.6 is 0 Å². The third-order valence-electron chi connectivity index (χ3n) is 4.59. The maximum Gasteiger partial charge on any atom is 0.191 e. The highest BCUT2D eigenvalue weighted by molar-refractivity contribution is 5.80. The molecule has 0 amide bonds. The van der Waals surface area contributed by atoms with Gasteiger partial charge in [-0.15, -0.1) is 0 Å². The number of guanidine groups is 1. The maximum absolute atomic E-state index is 6.11. The van der Waals surface area contributed by atoms with Gasteiger partial charge in [0.05, 0.1) is 19.2 Å². The summed E-state index contributed by atoms with van der Waals surface area (Å²) in [5, 5.41) is 6.93. The van der Waals surface area contributed by atoms with Crippen LogP contribution in [-0.2, 0) is 4.74 Å². The minimum Gasteiger partial charge on any atom is -0.487 e. The van der Waals surface area contributed by atoms with E-state index in [0.29, 0.717) is 13.2 Å². The second-order valence-electron chi connectivity index (χ2n) is 7.58. The Kier molecular flexibility index (Phi) is 5.84. The van der Waals surface area contributed by atoms with Gasteiger partial charge in [-0.2, -0.15) is 0 Å². The molecule has 25 heavy (non-hydrogen) atoms. The van der Waals surface area contributed by atoms with Crippen molar-refractivity contribution in [3.8, 4) is 5.75 Å². The summed E-state index contributed by atoms with van der Waals surface area (Å²) < 4.78 is 11.8. The Morgan fingerprint density at radius 2 is 2.12 bits per heavy atom. The Morgan fingerprint density at radius 3 is 2.88 bits per heavy atom. The van der Waals surface area contributed by atoms with E-state index in [2.05, 4.69) is 48.5 Å². The summed E-state index contributed by atoms with van der Waals surface area (Å²) in [6.45, 7) is 9.44. The third-order valence-corrected chi connectivity index (χ3v) is 4.59. The van der Waals surface area contributed by atoms with Gasteiger partial charge in [0.25, 0.3) is 0 Å². The molecule has 1 fully saturated rings. The van der Waals surface area contributed by atoms with E-state index >= 15 is 0 Å². The first-order chi connectivity index (χ1) is 12.1. The standard InChI is InChI=1S/C20H31N3O2/c1-4-21-19(22-11-12-24-14-15-9-10-15)23-17-13-20(2,3)25-18-8-6-5-7-16(17)18/h5-8,15,17H,4,9-14H2,1-3H3,(H2,21,22,23). The molecule has 1 unspecified atom stereocenters. The fourth-order valence-electron chi connectivity index (χ4n) is 3.17. The molecule has 1 atom stereocenters. The van der Waals surface area contributed by atoms with Crippen molar-refractivity contribution in [2.24, 2.45) is 10.9 Å². The molecule has 0 spiro atoms. The molecule has 5 nitrogen and oxygen atoms in total. The minimum atomic E-state index is -0.198. The van der Waals surface area contributed by atoms with E-state index in [0.717, 1.165) is 37.2 Å². The van der Waals surface area contributed by atoms with Crippen molar-refractivity contribution in [1.82, 2.24) is 10.6 Å². The number of benzene rings is 1. The number of fused-ring (bicyclic) bond motifs is 1. The summed E-state index contributed by atoms with van der Waals surface area (Å²) >= 11 is 0. The zero-order chi connectivity index (χ0) is 17.7. The summed E-state index contributed by atoms with van der Waals surface area (Å²) in [5.41, 5.74) is 0.994. The fraction of sp³-hybridized carbons (Fsp3) is 0.650. The SMILES string of the molecule is CCNC(=NCCOCC1CC1)NC1CC(C)(C)Oc2ccccc21. The number of nitrogens with one attached hydrogen (secondary N) is 2. The van der Waals surface area contributed by atoms with E-state index < -0.39 is 0 Å². The Balaban J connectivity index is 1.61. The van der Waals surface area contributed by atoms with Crippen LogP contribution in [0.1, 0.15) is 51.6 Å². The van der Waals surface area contributed by atoms with Crippen molar-refractivity contribution in [1.29, 1.82) is 0 Å². The molecule has 2 aliphatic rings. The Bertz CT molecular complexity index is 596. The van der Waals surface area contributed by atoms with Gasteiger partial charge in [-0.1, -0.05) is 18.2 Å². The smallest absolute Gasteiger partial charge is 0.191 e. The minimum absolute atomic E-state index is 0.185. The Labute approximate surface area is 151 Å². The van der Waals surface area contributed by atoms with E-state index in [9.17, 15) is 0 Å². The lowest BCUT2D eigenvalue weighted by Gasteiger charge is -2.38. The van der Waals surface area contributed by atoms with Crippen LogP contribution in [-0.4, -0.2) is 37.9 Å². The van der Waals surface area contributed by atoms with Gasteiger partial charge in [-0.05, 0) is 45.6 Å². The van der Waals surface area contributed by atoms with Crippen LogP contribution in [0.25, 0.3) is 0 Å². The maximum atomic E-state index is 6.11. The lowest BCUT2D eigenvalue weighted by molar-refractivity contribution is 0.0694. The van der Waals surface area contributed by atoms with Crippen molar-refractivity contribution in [2.45, 2.75) is 51.7 Å². The first-order valence-electron chi connectivity index (χ1n) is 9.48. The van der Waals surface area contributed by atoms with Crippen molar-refractivity contribution in [3.63, 3.8) is 0 Å². The van der Waals surface area contributed by atoms with Gasteiger partial charge in [-0.25, -0.2) is 0 Å². The van der Waals surface area contributed by atoms with Crippen molar-refractivity contribution < 1.29 is 9.47 Å². The molecule has 3 rings (SSSR count). The number of para-hydroxylation sites is 1. The van der Waals surface area contributed by atoms with Gasteiger partial charge in [0, 0.05) is 25.1 Å². The molecular weight excluding hydrogens is 314 g/mol. The Hall–Kier alpha value is -1.75. The number of nitrogens with zero attached hydrogens (tertiary/aromatic N) is 1. The molecule has 1 saturated carbocycles. The predicted molar refractivity (Wildman–Crippen MR) is 101 cm³/mol. The fourth-order valence-corrected chi connectivity index (χ4v) is 3.17. The molecular formula is C20H31N3O2. The molecule has 1 heterocycles. The molecule has 0 radical (unpaired) electrons. The van der Waals surface area contributed by atoms with E-state index in [1.807, 2.05) is 12.1 Å². The number of hydrogen-bond donors (Lipinski definition) is 2. The number of aliphatic imine (C=N–C) groups is 1. The lowest BCUT2D eigenvalue weighted by Crippen LogP contribution is -2.45. The molecule has 0 bridgehead atoms. The summed E-state index contributed by atoms with van der Waals surface area (Å²) in [7, 11) is 0. The first kappa shape index (κ1) is 18.1. The van der Waals surface area contributed by atoms with Crippen LogP contribution in [0.5, 0.6) is 5.75 Å². The van der Waals surface area contributed by atoms with Crippen LogP contribution in [0, 0.1) is 5.92 Å². The summed E-state index contributed by atoms with van der Waals surface area (Å²) in [4.78, 5) is 4.67. The van der Waals surface area contributed by atoms with Gasteiger partial charge < -0.3 is 20.1 Å². The molecule has 0 aromatic heterocycles. The van der Waals surface area contributed by atoms with Gasteiger partial charge in [0.1, 0.15) is 11.4 Å². The predicted octanol–water partition coefficient (Wildman–Crippen LogP) is 3.27. The largest absolute Gasteiger partial charge is 0.487 e. The molecule has 138 valence electrons. The second kappa shape index (κ2) is 8.09. The van der Waals surface area contributed by atoms with Crippen molar-refractivity contribution in [2.75, 3.05) is 26.3 Å². The topological polar surface area (TPSA) is 54.9 Å². The van der Waals surface area contributed by atoms with Gasteiger partial charge >= 0.3 is 0 Å². The number of ether oxygens (including phenoxy) is 2. The van der Waals surface area contributed by atoms with Gasteiger partial charge in [-0.3, -0.25) is 4.99 Å². The van der Waals surface area contributed by atoms with Crippen LogP contribution in [0.4, 0.5) is 0 Å². The van der Waals surface area contributed by atoms with Gasteiger partial charge in [0.15, 0.2) is 5.96 Å². The molecule has 1 aromatic rings. The van der Waals surface area contributed by atoms with Crippen molar-refractivity contribution in [3.05, 3.63) is 29.8 Å². The van der Waals surface area contributed by atoms with E-state index in [4.69, 9.17) is 9.47 Å². The lowest BCUT2D eigenvalue weighted by atomic mass is 9.90. The quantitative estimate of drug-likeness (QED) is 0.452. The molecule has 1 aliphatic carbocycles. The molecule has 0 saturated heterocycles. The zero-order valence-corrected chi connectivity index (χ0v) is 15.7. The summed E-state index contributed by atoms with van der Waals surface area (Å²) in [5.74, 6) is 2.60. The highest BCUT2D eigenvalue weighted by Gasteiger charge is 2.33. The highest BCUT2D eigenvalue weighted by Crippen LogP contribution is 2.39.